The molecule has 1 saturated carbocycles. The Labute approximate surface area is 81.0 Å². The lowest BCUT2D eigenvalue weighted by Gasteiger charge is -2.40. The number of nitrogens with two attached hydrogens (primary N) is 1. The number of methoxy groups -OCH3 is 1. The van der Waals surface area contributed by atoms with E-state index >= 15 is 0 Å². The van der Waals surface area contributed by atoms with Gasteiger partial charge in [-0.1, -0.05) is 26.2 Å². The number of ether oxygens (including phenoxy) is 1. The average molecular weight is 186 g/mol. The van der Waals surface area contributed by atoms with Crippen molar-refractivity contribution in [3.05, 3.63) is 0 Å². The van der Waals surface area contributed by atoms with Crippen molar-refractivity contribution in [2.75, 3.05) is 13.7 Å². The van der Waals surface area contributed by atoms with Crippen LogP contribution in [-0.4, -0.2) is 19.8 Å². The summed E-state index contributed by atoms with van der Waals surface area (Å²) < 4.78 is 5.17. The predicted octanol–water partition coefficient (Wildman–Crippen LogP) is 1.44. The topological polar surface area (TPSA) is 47.3 Å². The second-order valence-corrected chi connectivity index (χ2v) is 4.39. The maximum Gasteiger partial charge on any atom is 0.0634 e. The molecule has 0 saturated heterocycles. The molecule has 3 nitrogen and oxygen atoms in total. The Morgan fingerprint density at radius 3 is 2.46 bits per heavy atom. The Balaban J connectivity index is 2.52. The maximum atomic E-state index is 5.54. The van der Waals surface area contributed by atoms with Gasteiger partial charge in [0.2, 0.25) is 0 Å². The summed E-state index contributed by atoms with van der Waals surface area (Å²) >= 11 is 0. The van der Waals surface area contributed by atoms with Crippen LogP contribution in [-0.2, 0) is 4.74 Å². The van der Waals surface area contributed by atoms with Crippen molar-refractivity contribution in [2.45, 2.75) is 45.1 Å². The van der Waals surface area contributed by atoms with Crippen molar-refractivity contribution in [1.82, 2.24) is 5.43 Å². The summed E-state index contributed by atoms with van der Waals surface area (Å²) in [5.41, 5.74) is 3.22. The molecule has 0 aromatic heterocycles. The molecular weight excluding hydrogens is 164 g/mol. The van der Waals surface area contributed by atoms with Crippen molar-refractivity contribution in [1.29, 1.82) is 0 Å². The van der Waals surface area contributed by atoms with Gasteiger partial charge in [0.25, 0.3) is 0 Å². The lowest BCUT2D eigenvalue weighted by Crippen LogP contribution is -2.50. The van der Waals surface area contributed by atoms with Crippen LogP contribution >= 0.6 is 0 Å². The van der Waals surface area contributed by atoms with Crippen molar-refractivity contribution in [3.8, 4) is 0 Å². The highest BCUT2D eigenvalue weighted by atomic mass is 16.5. The fourth-order valence-electron chi connectivity index (χ4n) is 2.33. The van der Waals surface area contributed by atoms with Crippen LogP contribution in [0.5, 0.6) is 0 Å². The first-order valence-corrected chi connectivity index (χ1v) is 5.18. The standard InChI is InChI=1S/C10H22N2O/c1-10(6-4-3-5-7-10)9(12-11)8-13-2/h9,12H,3-8,11H2,1-2H3. The van der Waals surface area contributed by atoms with Gasteiger partial charge in [-0.05, 0) is 18.3 Å². The quantitative estimate of drug-likeness (QED) is 0.516. The number of hydrogen-bond donors (Lipinski definition) is 2. The van der Waals surface area contributed by atoms with Crippen LogP contribution in [0.3, 0.4) is 0 Å². The van der Waals surface area contributed by atoms with Crippen LogP contribution < -0.4 is 11.3 Å². The van der Waals surface area contributed by atoms with E-state index in [0.29, 0.717) is 18.1 Å². The van der Waals surface area contributed by atoms with Gasteiger partial charge < -0.3 is 4.74 Å². The van der Waals surface area contributed by atoms with E-state index < -0.39 is 0 Å². The molecule has 0 aliphatic heterocycles. The molecule has 0 heterocycles. The summed E-state index contributed by atoms with van der Waals surface area (Å²) in [5.74, 6) is 5.54. The third-order valence-electron chi connectivity index (χ3n) is 3.37. The Hall–Kier alpha value is -0.120. The molecule has 1 aliphatic carbocycles. The fraction of sp³-hybridized carbons (Fsp3) is 1.00. The number of nitrogens with one attached hydrogen (secondary N) is 1. The Bertz CT molecular complexity index is 144. The molecule has 0 aromatic rings. The minimum Gasteiger partial charge on any atom is -0.383 e. The molecule has 1 atom stereocenters. The second kappa shape index (κ2) is 4.94. The van der Waals surface area contributed by atoms with Gasteiger partial charge in [0.05, 0.1) is 6.61 Å². The molecule has 13 heavy (non-hydrogen) atoms. The maximum absolute atomic E-state index is 5.54. The zero-order valence-corrected chi connectivity index (χ0v) is 8.81. The molecule has 1 unspecified atom stereocenters. The smallest absolute Gasteiger partial charge is 0.0634 e. The summed E-state index contributed by atoms with van der Waals surface area (Å²) in [7, 11) is 1.73. The van der Waals surface area contributed by atoms with Crippen LogP contribution in [0.25, 0.3) is 0 Å². The molecule has 1 aliphatic rings. The highest BCUT2D eigenvalue weighted by Gasteiger charge is 2.34. The zero-order valence-electron chi connectivity index (χ0n) is 8.81. The molecule has 0 amide bonds. The minimum atomic E-state index is 0.304. The van der Waals surface area contributed by atoms with Gasteiger partial charge in [0.1, 0.15) is 0 Å². The Kier molecular flexibility index (Phi) is 4.16. The van der Waals surface area contributed by atoms with E-state index in [0.717, 1.165) is 0 Å². The first-order valence-electron chi connectivity index (χ1n) is 5.18. The normalized spacial score (nSPS) is 24.2. The van der Waals surface area contributed by atoms with Gasteiger partial charge in [-0.2, -0.15) is 0 Å². The van der Waals surface area contributed by atoms with E-state index in [1.165, 1.54) is 32.1 Å². The average Bonchev–Trinajstić information content (AvgIpc) is 2.15. The molecular formula is C10H22N2O. The predicted molar refractivity (Wildman–Crippen MR) is 54.2 cm³/mol. The van der Waals surface area contributed by atoms with Gasteiger partial charge in [-0.15, -0.1) is 0 Å². The van der Waals surface area contributed by atoms with Crippen LogP contribution in [0, 0.1) is 5.41 Å². The molecule has 0 spiro atoms. The first-order chi connectivity index (χ1) is 6.23. The molecule has 1 fully saturated rings. The minimum absolute atomic E-state index is 0.304. The third-order valence-corrected chi connectivity index (χ3v) is 3.37. The summed E-state index contributed by atoms with van der Waals surface area (Å²) in [6.07, 6.45) is 6.58. The second-order valence-electron chi connectivity index (χ2n) is 4.39. The molecule has 3 N–H and O–H groups in total. The lowest BCUT2D eigenvalue weighted by atomic mass is 9.71. The summed E-state index contributed by atoms with van der Waals surface area (Å²) in [4.78, 5) is 0. The van der Waals surface area contributed by atoms with Gasteiger partial charge >= 0.3 is 0 Å². The van der Waals surface area contributed by atoms with E-state index in [1.807, 2.05) is 0 Å². The van der Waals surface area contributed by atoms with E-state index in [9.17, 15) is 0 Å². The monoisotopic (exact) mass is 186 g/mol. The van der Waals surface area contributed by atoms with Gasteiger partial charge in [-0.25, -0.2) is 0 Å². The molecule has 3 heteroatoms. The molecule has 78 valence electrons. The Morgan fingerprint density at radius 2 is 2.00 bits per heavy atom. The van der Waals surface area contributed by atoms with Crippen LogP contribution in [0.4, 0.5) is 0 Å². The van der Waals surface area contributed by atoms with E-state index in [-0.39, 0.29) is 0 Å². The highest BCUT2D eigenvalue weighted by molar-refractivity contribution is 4.88. The van der Waals surface area contributed by atoms with Crippen LogP contribution in [0.1, 0.15) is 39.0 Å². The fourth-order valence-corrected chi connectivity index (χ4v) is 2.33. The zero-order chi connectivity index (χ0) is 9.73. The SMILES string of the molecule is COCC(NN)C1(C)CCCCC1. The molecule has 0 radical (unpaired) electrons. The van der Waals surface area contributed by atoms with Crippen molar-refractivity contribution < 1.29 is 4.74 Å². The van der Waals surface area contributed by atoms with E-state index in [2.05, 4.69) is 12.3 Å². The molecule has 0 aromatic carbocycles. The van der Waals surface area contributed by atoms with Gasteiger partial charge in [-0.3, -0.25) is 11.3 Å². The van der Waals surface area contributed by atoms with Gasteiger partial charge in [0.15, 0.2) is 0 Å². The summed E-state index contributed by atoms with van der Waals surface area (Å²) in [6.45, 7) is 3.03. The summed E-state index contributed by atoms with van der Waals surface area (Å²) in [5, 5.41) is 0. The molecule has 1 rings (SSSR count). The van der Waals surface area contributed by atoms with Crippen LogP contribution in [0.2, 0.25) is 0 Å². The van der Waals surface area contributed by atoms with Crippen molar-refractivity contribution in [2.24, 2.45) is 11.3 Å². The van der Waals surface area contributed by atoms with E-state index in [1.54, 1.807) is 7.11 Å². The van der Waals surface area contributed by atoms with Gasteiger partial charge in [0, 0.05) is 13.2 Å². The largest absolute Gasteiger partial charge is 0.383 e. The highest BCUT2D eigenvalue weighted by Crippen LogP contribution is 2.38. The number of hydrazine groups is 1. The van der Waals surface area contributed by atoms with Crippen LogP contribution in [0.15, 0.2) is 0 Å². The lowest BCUT2D eigenvalue weighted by molar-refractivity contribution is 0.0694. The first kappa shape index (κ1) is 11.0. The summed E-state index contributed by atoms with van der Waals surface area (Å²) in [6, 6.07) is 0.304. The van der Waals surface area contributed by atoms with Crippen molar-refractivity contribution >= 4 is 0 Å². The Morgan fingerprint density at radius 1 is 1.38 bits per heavy atom. The molecule has 0 bridgehead atoms. The van der Waals surface area contributed by atoms with E-state index in [4.69, 9.17) is 10.6 Å². The third kappa shape index (κ3) is 2.66. The van der Waals surface area contributed by atoms with Crippen molar-refractivity contribution in [3.63, 3.8) is 0 Å². The number of rotatable bonds is 4. The number of hydrogen-bond acceptors (Lipinski definition) is 3.